The summed E-state index contributed by atoms with van der Waals surface area (Å²) in [5, 5.41) is 0. The Balaban J connectivity index is 1.66. The zero-order valence-electron chi connectivity index (χ0n) is 11.9. The number of amides is 1. The van der Waals surface area contributed by atoms with Gasteiger partial charge in [0.15, 0.2) is 0 Å². The van der Waals surface area contributed by atoms with Crippen LogP contribution in [0.3, 0.4) is 0 Å². The lowest BCUT2D eigenvalue weighted by molar-refractivity contribution is 0.0206. The number of nitrogens with zero attached hydrogens (tertiary/aromatic N) is 1. The number of ether oxygens (including phenoxy) is 1. The molecule has 5 heteroatoms. The van der Waals surface area contributed by atoms with E-state index in [9.17, 15) is 4.79 Å². The molecule has 0 aliphatic carbocycles. The number of piperidine rings is 1. The Morgan fingerprint density at radius 2 is 1.90 bits per heavy atom. The summed E-state index contributed by atoms with van der Waals surface area (Å²) in [6.07, 6.45) is 3.85. The van der Waals surface area contributed by atoms with E-state index in [-0.39, 0.29) is 5.91 Å². The third-order valence-corrected chi connectivity index (χ3v) is 3.48. The molecule has 1 heterocycles. The summed E-state index contributed by atoms with van der Waals surface area (Å²) in [7, 11) is 1.60. The maximum absolute atomic E-state index is 11.8. The van der Waals surface area contributed by atoms with E-state index in [1.165, 1.54) is 19.3 Å². The van der Waals surface area contributed by atoms with Crippen LogP contribution in [0.25, 0.3) is 0 Å². The molecule has 0 radical (unpaired) electrons. The molecule has 1 fully saturated rings. The zero-order valence-corrected chi connectivity index (χ0v) is 11.9. The van der Waals surface area contributed by atoms with Gasteiger partial charge in [0.05, 0.1) is 13.7 Å². The number of carbonyl (C=O) groups excluding carboxylic acids is 1. The summed E-state index contributed by atoms with van der Waals surface area (Å²) in [4.78, 5) is 19.4. The number of hydroxylamine groups is 1. The van der Waals surface area contributed by atoms with Gasteiger partial charge >= 0.3 is 0 Å². The van der Waals surface area contributed by atoms with Crippen molar-refractivity contribution in [3.63, 3.8) is 0 Å². The largest absolute Gasteiger partial charge is 0.497 e. The molecule has 2 rings (SSSR count). The monoisotopic (exact) mass is 278 g/mol. The van der Waals surface area contributed by atoms with E-state index in [1.807, 2.05) is 0 Å². The van der Waals surface area contributed by atoms with Crippen molar-refractivity contribution in [2.45, 2.75) is 19.3 Å². The zero-order chi connectivity index (χ0) is 14.2. The van der Waals surface area contributed by atoms with E-state index < -0.39 is 0 Å². The predicted octanol–water partition coefficient (Wildman–Crippen LogP) is 1.84. The van der Waals surface area contributed by atoms with Crippen LogP contribution in [-0.2, 0) is 4.84 Å². The fourth-order valence-electron chi connectivity index (χ4n) is 2.28. The lowest BCUT2D eigenvalue weighted by Gasteiger charge is -2.25. The maximum atomic E-state index is 11.8. The third-order valence-electron chi connectivity index (χ3n) is 3.48. The highest BCUT2D eigenvalue weighted by molar-refractivity contribution is 5.93. The van der Waals surface area contributed by atoms with Gasteiger partial charge in [-0.25, -0.2) is 5.48 Å². The van der Waals surface area contributed by atoms with Crippen LogP contribution < -0.4 is 10.2 Å². The smallest absolute Gasteiger partial charge is 0.274 e. The normalized spacial score (nSPS) is 15.8. The summed E-state index contributed by atoms with van der Waals surface area (Å²) in [5.41, 5.74) is 3.03. The summed E-state index contributed by atoms with van der Waals surface area (Å²) < 4.78 is 5.05. The molecule has 0 spiro atoms. The average molecular weight is 278 g/mol. The van der Waals surface area contributed by atoms with Crippen molar-refractivity contribution in [1.82, 2.24) is 10.4 Å². The molecule has 20 heavy (non-hydrogen) atoms. The van der Waals surface area contributed by atoms with Crippen molar-refractivity contribution < 1.29 is 14.4 Å². The highest BCUT2D eigenvalue weighted by Crippen LogP contribution is 2.11. The molecule has 1 aliphatic heterocycles. The van der Waals surface area contributed by atoms with Gasteiger partial charge < -0.3 is 9.64 Å². The average Bonchev–Trinajstić information content (AvgIpc) is 2.52. The molecule has 1 aromatic carbocycles. The Morgan fingerprint density at radius 1 is 1.20 bits per heavy atom. The molecular formula is C15H22N2O3. The molecule has 5 nitrogen and oxygen atoms in total. The number of hydrogen-bond donors (Lipinski definition) is 1. The van der Waals surface area contributed by atoms with E-state index >= 15 is 0 Å². The maximum Gasteiger partial charge on any atom is 0.274 e. The Bertz CT molecular complexity index is 414. The Kier molecular flexibility index (Phi) is 5.83. The molecule has 0 unspecified atom stereocenters. The van der Waals surface area contributed by atoms with Gasteiger partial charge in [0.1, 0.15) is 5.75 Å². The number of benzene rings is 1. The fraction of sp³-hybridized carbons (Fsp3) is 0.533. The van der Waals surface area contributed by atoms with Crippen molar-refractivity contribution >= 4 is 5.91 Å². The standard InChI is InChI=1S/C15H22N2O3/c1-19-14-7-5-13(6-8-14)15(18)16-20-12-11-17-9-3-2-4-10-17/h5-8H,2-4,9-12H2,1H3,(H,16,18). The number of carbonyl (C=O) groups is 1. The fourth-order valence-corrected chi connectivity index (χ4v) is 2.28. The minimum Gasteiger partial charge on any atom is -0.497 e. The Labute approximate surface area is 119 Å². The second-order valence-electron chi connectivity index (χ2n) is 4.91. The molecule has 0 saturated carbocycles. The summed E-state index contributed by atoms with van der Waals surface area (Å²) in [5.74, 6) is 0.499. The van der Waals surface area contributed by atoms with Gasteiger partial charge in [-0.05, 0) is 50.2 Å². The number of methoxy groups -OCH3 is 1. The topological polar surface area (TPSA) is 50.8 Å². The number of nitrogens with one attached hydrogen (secondary N) is 1. The molecule has 0 atom stereocenters. The first-order valence-corrected chi connectivity index (χ1v) is 7.08. The van der Waals surface area contributed by atoms with Gasteiger partial charge in [0.2, 0.25) is 0 Å². The highest BCUT2D eigenvalue weighted by atomic mass is 16.6. The minimum atomic E-state index is -0.230. The van der Waals surface area contributed by atoms with Gasteiger partial charge in [-0.3, -0.25) is 9.63 Å². The molecule has 0 bridgehead atoms. The van der Waals surface area contributed by atoms with E-state index in [1.54, 1.807) is 31.4 Å². The molecule has 0 aromatic heterocycles. The van der Waals surface area contributed by atoms with Crippen LogP contribution in [0.5, 0.6) is 5.75 Å². The summed E-state index contributed by atoms with van der Waals surface area (Å²) in [6.45, 7) is 3.65. The van der Waals surface area contributed by atoms with Crippen LogP contribution >= 0.6 is 0 Å². The van der Waals surface area contributed by atoms with Crippen LogP contribution in [0.4, 0.5) is 0 Å². The third kappa shape index (κ3) is 4.51. The first-order chi connectivity index (χ1) is 9.79. The van der Waals surface area contributed by atoms with Gasteiger partial charge in [-0.15, -0.1) is 0 Å². The minimum absolute atomic E-state index is 0.230. The van der Waals surface area contributed by atoms with Gasteiger partial charge in [-0.2, -0.15) is 0 Å². The van der Waals surface area contributed by atoms with Crippen LogP contribution in [0.2, 0.25) is 0 Å². The summed E-state index contributed by atoms with van der Waals surface area (Å²) in [6, 6.07) is 6.93. The molecule has 110 valence electrons. The predicted molar refractivity (Wildman–Crippen MR) is 76.7 cm³/mol. The second kappa shape index (κ2) is 7.87. The van der Waals surface area contributed by atoms with Crippen LogP contribution in [0.15, 0.2) is 24.3 Å². The number of hydrogen-bond acceptors (Lipinski definition) is 4. The summed E-state index contributed by atoms with van der Waals surface area (Å²) >= 11 is 0. The quantitative estimate of drug-likeness (QED) is 0.637. The van der Waals surface area contributed by atoms with E-state index in [2.05, 4.69) is 10.4 Å². The molecule has 1 amide bonds. The van der Waals surface area contributed by atoms with Crippen molar-refractivity contribution in [3.05, 3.63) is 29.8 Å². The molecule has 1 aliphatic rings. The molecule has 1 aromatic rings. The van der Waals surface area contributed by atoms with Gasteiger partial charge in [-0.1, -0.05) is 6.42 Å². The SMILES string of the molecule is COc1ccc(C(=O)NOCCN2CCCCC2)cc1. The van der Waals surface area contributed by atoms with Crippen LogP contribution in [0, 0.1) is 0 Å². The van der Waals surface area contributed by atoms with E-state index in [4.69, 9.17) is 9.57 Å². The van der Waals surface area contributed by atoms with Crippen LogP contribution in [-0.4, -0.2) is 44.2 Å². The van der Waals surface area contributed by atoms with Crippen molar-refractivity contribution in [1.29, 1.82) is 0 Å². The first kappa shape index (κ1) is 14.8. The number of likely N-dealkylation sites (tertiary alicyclic amines) is 1. The Hall–Kier alpha value is -1.59. The molecular weight excluding hydrogens is 256 g/mol. The lowest BCUT2D eigenvalue weighted by atomic mass is 10.1. The van der Waals surface area contributed by atoms with Crippen molar-refractivity contribution in [2.24, 2.45) is 0 Å². The molecule has 1 saturated heterocycles. The van der Waals surface area contributed by atoms with E-state index in [0.717, 1.165) is 25.4 Å². The van der Waals surface area contributed by atoms with Crippen LogP contribution in [0.1, 0.15) is 29.6 Å². The molecule has 1 N–H and O–H groups in total. The Morgan fingerprint density at radius 3 is 2.55 bits per heavy atom. The van der Waals surface area contributed by atoms with Crippen molar-refractivity contribution in [2.75, 3.05) is 33.4 Å². The highest BCUT2D eigenvalue weighted by Gasteiger charge is 2.10. The number of rotatable bonds is 6. The van der Waals surface area contributed by atoms with Gasteiger partial charge in [0.25, 0.3) is 5.91 Å². The first-order valence-electron chi connectivity index (χ1n) is 7.08. The lowest BCUT2D eigenvalue weighted by Crippen LogP contribution is -2.35. The van der Waals surface area contributed by atoms with E-state index in [0.29, 0.717) is 12.2 Å². The van der Waals surface area contributed by atoms with Gasteiger partial charge in [0, 0.05) is 12.1 Å². The van der Waals surface area contributed by atoms with Crippen molar-refractivity contribution in [3.8, 4) is 5.75 Å². The second-order valence-corrected chi connectivity index (χ2v) is 4.91.